The summed E-state index contributed by atoms with van der Waals surface area (Å²) in [6.07, 6.45) is 1.69. The predicted octanol–water partition coefficient (Wildman–Crippen LogP) is 2.00. The molecule has 6 heteroatoms. The van der Waals surface area contributed by atoms with Crippen molar-refractivity contribution in [2.45, 2.75) is 6.92 Å². The van der Waals surface area contributed by atoms with Gasteiger partial charge in [-0.05, 0) is 19.1 Å². The number of carbonyl (C=O) groups excluding carboxylic acids is 1. The molecule has 0 aliphatic rings. The number of benzene rings is 1. The molecule has 0 fully saturated rings. The third kappa shape index (κ3) is 2.74. The number of hydrogen-bond donors (Lipinski definition) is 1. The summed E-state index contributed by atoms with van der Waals surface area (Å²) in [4.78, 5) is 12.2. The lowest BCUT2D eigenvalue weighted by molar-refractivity contribution is 0.102. The fourth-order valence-electron chi connectivity index (χ4n) is 1.93. The summed E-state index contributed by atoms with van der Waals surface area (Å²) in [5, 5.41) is 6.96. The smallest absolute Gasteiger partial charge is 0.259 e. The summed E-state index contributed by atoms with van der Waals surface area (Å²) < 4.78 is 12.0. The summed E-state index contributed by atoms with van der Waals surface area (Å²) in [7, 11) is 4.89. The Hall–Kier alpha value is -2.50. The van der Waals surface area contributed by atoms with Crippen molar-refractivity contribution < 1.29 is 14.3 Å². The van der Waals surface area contributed by atoms with Crippen LogP contribution < -0.4 is 14.8 Å². The van der Waals surface area contributed by atoms with Crippen molar-refractivity contribution in [3.05, 3.63) is 35.7 Å². The Morgan fingerprint density at radius 3 is 2.50 bits per heavy atom. The highest BCUT2D eigenvalue weighted by molar-refractivity contribution is 6.05. The van der Waals surface area contributed by atoms with Crippen LogP contribution in [0.5, 0.6) is 11.5 Å². The lowest BCUT2D eigenvalue weighted by Crippen LogP contribution is -2.12. The van der Waals surface area contributed by atoms with Crippen LogP contribution in [0.15, 0.2) is 24.4 Å². The van der Waals surface area contributed by atoms with Gasteiger partial charge < -0.3 is 14.8 Å². The molecule has 0 aliphatic carbocycles. The third-order valence-corrected chi connectivity index (χ3v) is 2.90. The monoisotopic (exact) mass is 275 g/mol. The fraction of sp³-hybridized carbons (Fsp3) is 0.286. The predicted molar refractivity (Wildman–Crippen MR) is 75.4 cm³/mol. The Labute approximate surface area is 117 Å². The van der Waals surface area contributed by atoms with Crippen molar-refractivity contribution in [3.63, 3.8) is 0 Å². The summed E-state index contributed by atoms with van der Waals surface area (Å²) >= 11 is 0. The highest BCUT2D eigenvalue weighted by Crippen LogP contribution is 2.29. The first-order valence-electron chi connectivity index (χ1n) is 6.08. The number of hydrogen-bond acceptors (Lipinski definition) is 4. The van der Waals surface area contributed by atoms with Crippen molar-refractivity contribution in [1.82, 2.24) is 9.78 Å². The van der Waals surface area contributed by atoms with Crippen molar-refractivity contribution in [1.29, 1.82) is 0 Å². The molecule has 1 N–H and O–H groups in total. The number of aromatic nitrogens is 2. The van der Waals surface area contributed by atoms with Crippen LogP contribution in [0.3, 0.4) is 0 Å². The number of carbonyl (C=O) groups is 1. The topological polar surface area (TPSA) is 65.4 Å². The first-order chi connectivity index (χ1) is 9.55. The molecule has 1 aromatic carbocycles. The number of methoxy groups -OCH3 is 2. The third-order valence-electron chi connectivity index (χ3n) is 2.90. The van der Waals surface area contributed by atoms with Gasteiger partial charge in [-0.1, -0.05) is 0 Å². The molecule has 0 saturated carbocycles. The summed E-state index contributed by atoms with van der Waals surface area (Å²) in [6, 6.07) is 5.21. The van der Waals surface area contributed by atoms with E-state index in [2.05, 4.69) is 10.4 Å². The minimum Gasteiger partial charge on any atom is -0.493 e. The normalized spacial score (nSPS) is 10.2. The van der Waals surface area contributed by atoms with Gasteiger partial charge >= 0.3 is 0 Å². The van der Waals surface area contributed by atoms with Gasteiger partial charge in [0.2, 0.25) is 0 Å². The first kappa shape index (κ1) is 13.9. The van der Waals surface area contributed by atoms with E-state index in [9.17, 15) is 4.79 Å². The van der Waals surface area contributed by atoms with E-state index in [4.69, 9.17) is 9.47 Å². The summed E-state index contributed by atoms with van der Waals surface area (Å²) in [5.41, 5.74) is 1.86. The number of ether oxygens (including phenoxy) is 2. The number of anilines is 1. The zero-order chi connectivity index (χ0) is 14.7. The molecule has 0 aliphatic heterocycles. The maximum atomic E-state index is 12.2. The molecule has 1 heterocycles. The van der Waals surface area contributed by atoms with Crippen molar-refractivity contribution in [3.8, 4) is 11.5 Å². The molecule has 0 radical (unpaired) electrons. The molecule has 1 aromatic heterocycles. The zero-order valence-electron chi connectivity index (χ0n) is 11.9. The van der Waals surface area contributed by atoms with E-state index in [0.29, 0.717) is 28.4 Å². The Kier molecular flexibility index (Phi) is 3.93. The summed E-state index contributed by atoms with van der Waals surface area (Å²) in [5.74, 6) is 0.971. The first-order valence-corrected chi connectivity index (χ1v) is 6.08. The van der Waals surface area contributed by atoms with Gasteiger partial charge in [0, 0.05) is 25.0 Å². The summed E-state index contributed by atoms with van der Waals surface area (Å²) in [6.45, 7) is 1.80. The van der Waals surface area contributed by atoms with E-state index in [-0.39, 0.29) is 5.91 Å². The van der Waals surface area contributed by atoms with Gasteiger partial charge in [0.05, 0.1) is 25.5 Å². The van der Waals surface area contributed by atoms with Crippen LogP contribution in [-0.4, -0.2) is 29.9 Å². The zero-order valence-corrected chi connectivity index (χ0v) is 11.9. The van der Waals surface area contributed by atoms with Gasteiger partial charge in [-0.3, -0.25) is 9.48 Å². The number of nitrogens with zero attached hydrogens (tertiary/aromatic N) is 2. The maximum absolute atomic E-state index is 12.2. The van der Waals surface area contributed by atoms with Crippen molar-refractivity contribution >= 4 is 11.6 Å². The highest BCUT2D eigenvalue weighted by Gasteiger charge is 2.13. The SMILES string of the molecule is COc1ccc(NC(=O)c2cn(C)nc2C)cc1OC. The molecule has 0 spiro atoms. The second-order valence-electron chi connectivity index (χ2n) is 4.33. The molecule has 0 saturated heterocycles. The number of rotatable bonds is 4. The molecule has 0 unspecified atom stereocenters. The van der Waals surface area contributed by atoms with Gasteiger partial charge in [0.25, 0.3) is 5.91 Å². The molecule has 0 atom stereocenters. The molecule has 0 bridgehead atoms. The van der Waals surface area contributed by atoms with Crippen LogP contribution in [0.1, 0.15) is 16.1 Å². The second kappa shape index (κ2) is 5.64. The van der Waals surface area contributed by atoms with E-state index in [1.165, 1.54) is 0 Å². The van der Waals surface area contributed by atoms with Gasteiger partial charge in [-0.15, -0.1) is 0 Å². The lowest BCUT2D eigenvalue weighted by Gasteiger charge is -2.10. The standard InChI is InChI=1S/C14H17N3O3/c1-9-11(8-17(2)16-9)14(18)15-10-5-6-12(19-3)13(7-10)20-4/h5-8H,1-4H3,(H,15,18). The molecule has 20 heavy (non-hydrogen) atoms. The molecule has 6 nitrogen and oxygen atoms in total. The van der Waals surface area contributed by atoms with Gasteiger partial charge in [-0.25, -0.2) is 0 Å². The Morgan fingerprint density at radius 2 is 1.95 bits per heavy atom. The Balaban J connectivity index is 2.22. The lowest BCUT2D eigenvalue weighted by atomic mass is 10.2. The maximum Gasteiger partial charge on any atom is 0.259 e. The average molecular weight is 275 g/mol. The van der Waals surface area contributed by atoms with Crippen LogP contribution in [0.25, 0.3) is 0 Å². The van der Waals surface area contributed by atoms with Gasteiger partial charge in [0.15, 0.2) is 11.5 Å². The number of amides is 1. The quantitative estimate of drug-likeness (QED) is 0.926. The van der Waals surface area contributed by atoms with Gasteiger partial charge in [0.1, 0.15) is 0 Å². The van der Waals surface area contributed by atoms with Crippen LogP contribution in [0, 0.1) is 6.92 Å². The van der Waals surface area contributed by atoms with E-state index in [1.807, 2.05) is 0 Å². The van der Waals surface area contributed by atoms with E-state index in [0.717, 1.165) is 0 Å². The molecule has 106 valence electrons. The number of nitrogens with one attached hydrogen (secondary N) is 1. The highest BCUT2D eigenvalue weighted by atomic mass is 16.5. The largest absolute Gasteiger partial charge is 0.493 e. The minimum atomic E-state index is -0.206. The molecular formula is C14H17N3O3. The van der Waals surface area contributed by atoms with Crippen LogP contribution >= 0.6 is 0 Å². The molecule has 2 rings (SSSR count). The van der Waals surface area contributed by atoms with Crippen LogP contribution in [-0.2, 0) is 7.05 Å². The second-order valence-corrected chi connectivity index (χ2v) is 4.33. The van der Waals surface area contributed by atoms with Crippen molar-refractivity contribution in [2.24, 2.45) is 7.05 Å². The van der Waals surface area contributed by atoms with E-state index >= 15 is 0 Å². The molecule has 2 aromatic rings. The van der Waals surface area contributed by atoms with Crippen LogP contribution in [0.4, 0.5) is 5.69 Å². The minimum absolute atomic E-state index is 0.206. The van der Waals surface area contributed by atoms with Crippen molar-refractivity contribution in [2.75, 3.05) is 19.5 Å². The fourth-order valence-corrected chi connectivity index (χ4v) is 1.93. The Morgan fingerprint density at radius 1 is 1.25 bits per heavy atom. The molecular weight excluding hydrogens is 258 g/mol. The Bertz CT molecular complexity index is 635. The van der Waals surface area contributed by atoms with Gasteiger partial charge in [-0.2, -0.15) is 5.10 Å². The average Bonchev–Trinajstić information content (AvgIpc) is 2.77. The number of aryl methyl sites for hydroxylation is 2. The van der Waals surface area contributed by atoms with E-state index in [1.54, 1.807) is 57.3 Å². The molecule has 1 amide bonds. The van der Waals surface area contributed by atoms with E-state index < -0.39 is 0 Å². The van der Waals surface area contributed by atoms with Crippen LogP contribution in [0.2, 0.25) is 0 Å².